The average Bonchev–Trinajstić information content (AvgIpc) is 2.36. The van der Waals surface area contributed by atoms with Crippen molar-refractivity contribution in [2.24, 2.45) is 5.92 Å². The summed E-state index contributed by atoms with van der Waals surface area (Å²) in [5, 5.41) is 0. The van der Waals surface area contributed by atoms with E-state index in [1.807, 2.05) is 0 Å². The van der Waals surface area contributed by atoms with E-state index in [-0.39, 0.29) is 5.60 Å². The molecule has 0 aromatic heterocycles. The summed E-state index contributed by atoms with van der Waals surface area (Å²) in [4.78, 5) is 11.4. The molecule has 1 aliphatic heterocycles. The van der Waals surface area contributed by atoms with Gasteiger partial charge in [-0.25, -0.2) is 9.78 Å². The zero-order valence-electron chi connectivity index (χ0n) is 11.4. The molecule has 0 saturated carbocycles. The van der Waals surface area contributed by atoms with Gasteiger partial charge in [0.2, 0.25) is 0 Å². The first-order valence-electron chi connectivity index (χ1n) is 7.05. The van der Waals surface area contributed by atoms with Crippen LogP contribution in [0.1, 0.15) is 72.6 Å². The third-order valence-electron chi connectivity index (χ3n) is 4.07. The maximum Gasteiger partial charge on any atom is 0.104 e. The Morgan fingerprint density at radius 2 is 1.88 bits per heavy atom. The Labute approximate surface area is 101 Å². The first-order valence-corrected chi connectivity index (χ1v) is 7.05. The van der Waals surface area contributed by atoms with Gasteiger partial charge < -0.3 is 0 Å². The molecule has 3 atom stereocenters. The minimum absolute atomic E-state index is 0.00234. The molecule has 1 fully saturated rings. The maximum absolute atomic E-state index is 5.75. The standard InChI is InChI=1S/C14H28O2/c1-5-9-10-14(8-4)11-12(6-2)13(7-3)15-16-14/h12-13H,5-11H2,1-4H3. The molecule has 1 rings (SSSR count). The summed E-state index contributed by atoms with van der Waals surface area (Å²) in [6.07, 6.45) is 8.45. The quantitative estimate of drug-likeness (QED) is 0.624. The van der Waals surface area contributed by atoms with E-state index < -0.39 is 0 Å². The van der Waals surface area contributed by atoms with Crippen molar-refractivity contribution in [3.63, 3.8) is 0 Å². The largest absolute Gasteiger partial charge is 0.233 e. The van der Waals surface area contributed by atoms with Crippen LogP contribution in [0.3, 0.4) is 0 Å². The van der Waals surface area contributed by atoms with Gasteiger partial charge in [-0.2, -0.15) is 0 Å². The van der Waals surface area contributed by atoms with Crippen molar-refractivity contribution in [3.05, 3.63) is 0 Å². The molecule has 0 radical (unpaired) electrons. The highest BCUT2D eigenvalue weighted by atomic mass is 17.2. The van der Waals surface area contributed by atoms with Crippen LogP contribution in [0.4, 0.5) is 0 Å². The third-order valence-corrected chi connectivity index (χ3v) is 4.07. The third kappa shape index (κ3) is 3.21. The normalized spacial score (nSPS) is 35.2. The zero-order chi connectivity index (χ0) is 12.0. The Balaban J connectivity index is 2.60. The summed E-state index contributed by atoms with van der Waals surface area (Å²) in [7, 11) is 0. The van der Waals surface area contributed by atoms with Crippen LogP contribution in [-0.2, 0) is 9.78 Å². The van der Waals surface area contributed by atoms with Crippen molar-refractivity contribution in [3.8, 4) is 0 Å². The molecular weight excluding hydrogens is 200 g/mol. The van der Waals surface area contributed by atoms with Crippen molar-refractivity contribution >= 4 is 0 Å². The molecule has 0 amide bonds. The lowest BCUT2D eigenvalue weighted by molar-refractivity contribution is -0.423. The summed E-state index contributed by atoms with van der Waals surface area (Å²) in [5.41, 5.74) is 0.00234. The van der Waals surface area contributed by atoms with Gasteiger partial charge in [0.25, 0.3) is 0 Å². The lowest BCUT2D eigenvalue weighted by Gasteiger charge is -2.42. The van der Waals surface area contributed by atoms with Gasteiger partial charge in [-0.3, -0.25) is 0 Å². The van der Waals surface area contributed by atoms with Crippen LogP contribution >= 0.6 is 0 Å². The number of rotatable bonds is 6. The van der Waals surface area contributed by atoms with Gasteiger partial charge >= 0.3 is 0 Å². The molecule has 0 aliphatic carbocycles. The minimum atomic E-state index is 0.00234. The lowest BCUT2D eigenvalue weighted by Crippen LogP contribution is -2.44. The molecule has 1 aliphatic rings. The Hall–Kier alpha value is -0.0800. The fourth-order valence-electron chi connectivity index (χ4n) is 2.72. The lowest BCUT2D eigenvalue weighted by atomic mass is 9.79. The van der Waals surface area contributed by atoms with E-state index in [0.717, 1.165) is 19.3 Å². The highest BCUT2D eigenvalue weighted by Crippen LogP contribution is 2.39. The molecule has 0 bridgehead atoms. The SMILES string of the molecule is CCCCC1(CC)CC(CC)C(CC)OO1. The van der Waals surface area contributed by atoms with Gasteiger partial charge in [-0.1, -0.05) is 47.0 Å². The van der Waals surface area contributed by atoms with Crippen LogP contribution in [0, 0.1) is 5.92 Å². The fraction of sp³-hybridized carbons (Fsp3) is 1.00. The van der Waals surface area contributed by atoms with Crippen LogP contribution in [0.15, 0.2) is 0 Å². The van der Waals surface area contributed by atoms with E-state index in [0.29, 0.717) is 12.0 Å². The van der Waals surface area contributed by atoms with Crippen LogP contribution in [0.5, 0.6) is 0 Å². The molecule has 0 N–H and O–H groups in total. The zero-order valence-corrected chi connectivity index (χ0v) is 11.4. The van der Waals surface area contributed by atoms with Crippen molar-refractivity contribution in [1.82, 2.24) is 0 Å². The monoisotopic (exact) mass is 228 g/mol. The summed E-state index contributed by atoms with van der Waals surface area (Å²) in [5.74, 6) is 0.676. The predicted molar refractivity (Wildman–Crippen MR) is 67.2 cm³/mol. The first-order chi connectivity index (χ1) is 7.71. The van der Waals surface area contributed by atoms with Crippen molar-refractivity contribution < 1.29 is 9.78 Å². The summed E-state index contributed by atoms with van der Waals surface area (Å²) < 4.78 is 0. The molecular formula is C14H28O2. The summed E-state index contributed by atoms with van der Waals surface area (Å²) in [6.45, 7) is 8.90. The van der Waals surface area contributed by atoms with Crippen LogP contribution in [0.2, 0.25) is 0 Å². The number of hydrogen-bond donors (Lipinski definition) is 0. The van der Waals surface area contributed by atoms with Crippen LogP contribution in [-0.4, -0.2) is 11.7 Å². The summed E-state index contributed by atoms with van der Waals surface area (Å²) >= 11 is 0. The van der Waals surface area contributed by atoms with Gasteiger partial charge in [0, 0.05) is 0 Å². The molecule has 96 valence electrons. The molecule has 1 heterocycles. The van der Waals surface area contributed by atoms with E-state index >= 15 is 0 Å². The number of unbranched alkanes of at least 4 members (excludes halogenated alkanes) is 1. The average molecular weight is 228 g/mol. The number of hydrogen-bond acceptors (Lipinski definition) is 2. The van der Waals surface area contributed by atoms with E-state index in [1.165, 1.54) is 25.7 Å². The van der Waals surface area contributed by atoms with E-state index in [4.69, 9.17) is 9.78 Å². The van der Waals surface area contributed by atoms with Crippen LogP contribution < -0.4 is 0 Å². The Morgan fingerprint density at radius 3 is 2.38 bits per heavy atom. The van der Waals surface area contributed by atoms with E-state index in [9.17, 15) is 0 Å². The summed E-state index contributed by atoms with van der Waals surface area (Å²) in [6, 6.07) is 0. The Kier molecular flexibility index (Phi) is 5.77. The molecule has 2 nitrogen and oxygen atoms in total. The van der Waals surface area contributed by atoms with E-state index in [2.05, 4.69) is 27.7 Å². The van der Waals surface area contributed by atoms with Gasteiger partial charge in [0.1, 0.15) is 5.60 Å². The van der Waals surface area contributed by atoms with Gasteiger partial charge in [0.15, 0.2) is 0 Å². The smallest absolute Gasteiger partial charge is 0.104 e. The van der Waals surface area contributed by atoms with Crippen molar-refractivity contribution in [2.75, 3.05) is 0 Å². The Bertz CT molecular complexity index is 193. The first kappa shape index (κ1) is 14.0. The molecule has 16 heavy (non-hydrogen) atoms. The predicted octanol–water partition coefficient (Wildman–Crippen LogP) is 4.48. The molecule has 2 heteroatoms. The molecule has 3 unspecified atom stereocenters. The molecule has 1 saturated heterocycles. The van der Waals surface area contributed by atoms with Crippen molar-refractivity contribution in [2.45, 2.75) is 84.3 Å². The molecule has 0 aromatic carbocycles. The second kappa shape index (κ2) is 6.61. The van der Waals surface area contributed by atoms with Gasteiger partial charge in [0.05, 0.1) is 6.10 Å². The topological polar surface area (TPSA) is 18.5 Å². The molecule has 0 aromatic rings. The maximum atomic E-state index is 5.75. The highest BCUT2D eigenvalue weighted by Gasteiger charge is 2.40. The Morgan fingerprint density at radius 1 is 1.12 bits per heavy atom. The minimum Gasteiger partial charge on any atom is -0.233 e. The van der Waals surface area contributed by atoms with Crippen molar-refractivity contribution in [1.29, 1.82) is 0 Å². The second-order valence-electron chi connectivity index (χ2n) is 5.14. The highest BCUT2D eigenvalue weighted by molar-refractivity contribution is 4.86. The van der Waals surface area contributed by atoms with Crippen LogP contribution in [0.25, 0.3) is 0 Å². The van der Waals surface area contributed by atoms with E-state index in [1.54, 1.807) is 0 Å². The van der Waals surface area contributed by atoms with Gasteiger partial charge in [-0.05, 0) is 31.6 Å². The molecule has 0 spiro atoms. The second-order valence-corrected chi connectivity index (χ2v) is 5.14. The van der Waals surface area contributed by atoms with Gasteiger partial charge in [-0.15, -0.1) is 0 Å². The fourth-order valence-corrected chi connectivity index (χ4v) is 2.72.